The third-order valence-corrected chi connectivity index (χ3v) is 6.61. The van der Waals surface area contributed by atoms with Gasteiger partial charge >= 0.3 is 5.91 Å². The van der Waals surface area contributed by atoms with Crippen molar-refractivity contribution < 1.29 is 18.9 Å². The molecule has 4 heterocycles. The van der Waals surface area contributed by atoms with Crippen molar-refractivity contribution in [3.63, 3.8) is 0 Å². The van der Waals surface area contributed by atoms with Gasteiger partial charge in [-0.3, -0.25) is 24.4 Å². The summed E-state index contributed by atoms with van der Waals surface area (Å²) in [6.45, 7) is 6.34. The molecule has 0 saturated carbocycles. The van der Waals surface area contributed by atoms with E-state index < -0.39 is 17.4 Å². The van der Waals surface area contributed by atoms with Crippen LogP contribution in [-0.2, 0) is 14.3 Å². The van der Waals surface area contributed by atoms with Gasteiger partial charge < -0.3 is 4.74 Å². The van der Waals surface area contributed by atoms with Crippen LogP contribution in [-0.4, -0.2) is 45.8 Å². The monoisotopic (exact) mass is 493 g/mol. The van der Waals surface area contributed by atoms with Gasteiger partial charge in [-0.05, 0) is 63.9 Å². The molecule has 5 rings (SSSR count). The Morgan fingerprint density at radius 1 is 1.06 bits per heavy atom. The van der Waals surface area contributed by atoms with Crippen LogP contribution in [0.2, 0.25) is 5.02 Å². The quantitative estimate of drug-likeness (QED) is 0.437. The lowest BCUT2D eigenvalue weighted by molar-refractivity contribution is -0.577. The number of pyridine rings is 1. The van der Waals surface area contributed by atoms with Crippen LogP contribution in [0.3, 0.4) is 0 Å². The maximum Gasteiger partial charge on any atom is 0.327 e. The molecule has 0 spiro atoms. The molecule has 8 nitrogen and oxygen atoms in total. The number of hydrogen-bond donors (Lipinski definition) is 1. The largest absolute Gasteiger partial charge is 0.376 e. The van der Waals surface area contributed by atoms with Gasteiger partial charge in [0.15, 0.2) is 12.4 Å². The molecule has 0 radical (unpaired) electrons. The molecule has 1 saturated heterocycles. The Labute approximate surface area is 207 Å². The van der Waals surface area contributed by atoms with Crippen molar-refractivity contribution in [1.82, 2.24) is 14.7 Å². The van der Waals surface area contributed by atoms with Gasteiger partial charge in [0, 0.05) is 28.5 Å². The summed E-state index contributed by atoms with van der Waals surface area (Å²) in [5.41, 5.74) is 2.94. The zero-order chi connectivity index (χ0) is 24.9. The van der Waals surface area contributed by atoms with Crippen LogP contribution in [0.1, 0.15) is 35.2 Å². The Bertz CT molecular complexity index is 1410. The number of aromatic amines is 1. The first-order valence-electron chi connectivity index (χ1n) is 11.5. The van der Waals surface area contributed by atoms with E-state index in [1.54, 1.807) is 48.1 Å². The predicted molar refractivity (Wildman–Crippen MR) is 131 cm³/mol. The average molecular weight is 494 g/mol. The molecule has 9 heteroatoms. The Morgan fingerprint density at radius 2 is 1.74 bits per heavy atom. The molecule has 2 aromatic heterocycles. The lowest BCUT2D eigenvalue weighted by Gasteiger charge is -2.18. The van der Waals surface area contributed by atoms with Crippen molar-refractivity contribution in [3.8, 4) is 5.69 Å². The number of ether oxygens (including phenoxy) is 1. The van der Waals surface area contributed by atoms with Gasteiger partial charge in [0.05, 0.1) is 23.9 Å². The third-order valence-electron chi connectivity index (χ3n) is 6.36. The summed E-state index contributed by atoms with van der Waals surface area (Å²) < 4.78 is 8.72. The van der Waals surface area contributed by atoms with Gasteiger partial charge in [0.25, 0.3) is 17.2 Å². The van der Waals surface area contributed by atoms with E-state index in [9.17, 15) is 14.4 Å². The maximum absolute atomic E-state index is 13.8. The van der Waals surface area contributed by atoms with E-state index in [2.05, 4.69) is 5.10 Å². The fourth-order valence-corrected chi connectivity index (χ4v) is 4.96. The molecule has 2 amide bonds. The Balaban J connectivity index is 1.69. The standard InChI is InChI=1S/C26H25ClN4O4/c1-15-11-16(2)13-29(12-15)23-22(24(32)30(26(23)34)14-20-5-4-10-35-20)21-17(3)28-31(25(21)33)19-8-6-18(27)7-9-19/h6-9,11-13,20H,4-5,10,14H2,1-3H3/p+1/t20-/m0/s1. The van der Waals surface area contributed by atoms with Gasteiger partial charge in [0.2, 0.25) is 0 Å². The molecule has 3 aromatic rings. The van der Waals surface area contributed by atoms with Gasteiger partial charge in [0.1, 0.15) is 5.57 Å². The minimum absolute atomic E-state index is 0.0921. The summed E-state index contributed by atoms with van der Waals surface area (Å²) in [5.74, 6) is -0.928. The second kappa shape index (κ2) is 8.94. The summed E-state index contributed by atoms with van der Waals surface area (Å²) in [7, 11) is 0. The van der Waals surface area contributed by atoms with E-state index in [1.165, 1.54) is 9.58 Å². The number of carbonyl (C=O) groups excluding carboxylic acids is 2. The topological polar surface area (TPSA) is 88.3 Å². The van der Waals surface area contributed by atoms with E-state index in [0.717, 1.165) is 24.0 Å². The van der Waals surface area contributed by atoms with Crippen LogP contribution in [0.5, 0.6) is 0 Å². The minimum atomic E-state index is -0.491. The number of amides is 2. The number of aromatic nitrogens is 3. The number of carbonyl (C=O) groups is 2. The van der Waals surface area contributed by atoms with Crippen LogP contribution >= 0.6 is 11.6 Å². The van der Waals surface area contributed by atoms with E-state index in [4.69, 9.17) is 16.3 Å². The SMILES string of the molecule is Cc1cc(C)c[n+](C2=C(c3c(C)[nH]n(-c4ccc(Cl)cc4)c3=O)C(=O)N(C[C@@H]3CCCO3)C2=O)c1. The highest BCUT2D eigenvalue weighted by atomic mass is 35.5. The Hall–Kier alpha value is -3.49. The number of benzene rings is 1. The molecule has 0 aliphatic carbocycles. The summed E-state index contributed by atoms with van der Waals surface area (Å²) in [6, 6.07) is 8.77. The molecule has 1 fully saturated rings. The van der Waals surface area contributed by atoms with Crippen LogP contribution < -0.4 is 10.1 Å². The van der Waals surface area contributed by atoms with E-state index in [1.807, 2.05) is 19.9 Å². The number of halogens is 1. The number of aryl methyl sites for hydroxylation is 3. The average Bonchev–Trinajstić information content (AvgIpc) is 3.48. The smallest absolute Gasteiger partial charge is 0.327 e. The third kappa shape index (κ3) is 4.13. The number of nitrogens with one attached hydrogen (secondary N) is 1. The Kier molecular flexibility index (Phi) is 5.94. The number of imide groups is 1. The molecule has 1 N–H and O–H groups in total. The lowest BCUT2D eigenvalue weighted by atomic mass is 10.1. The number of rotatable bonds is 5. The van der Waals surface area contributed by atoms with Gasteiger partial charge in [-0.15, -0.1) is 0 Å². The highest BCUT2D eigenvalue weighted by molar-refractivity contribution is 6.44. The second-order valence-electron chi connectivity index (χ2n) is 9.11. The fourth-order valence-electron chi connectivity index (χ4n) is 4.84. The summed E-state index contributed by atoms with van der Waals surface area (Å²) in [6.07, 6.45) is 5.06. The molecule has 180 valence electrons. The minimum Gasteiger partial charge on any atom is -0.376 e. The highest BCUT2D eigenvalue weighted by Gasteiger charge is 2.48. The van der Waals surface area contributed by atoms with Crippen LogP contribution in [0.15, 0.2) is 47.5 Å². The first kappa shape index (κ1) is 23.3. The van der Waals surface area contributed by atoms with Gasteiger partial charge in [-0.2, -0.15) is 4.57 Å². The second-order valence-corrected chi connectivity index (χ2v) is 9.54. The highest BCUT2D eigenvalue weighted by Crippen LogP contribution is 2.31. The first-order valence-corrected chi connectivity index (χ1v) is 11.9. The zero-order valence-corrected chi connectivity index (χ0v) is 20.6. The molecular formula is C26H26ClN4O4+. The Morgan fingerprint density at radius 3 is 2.37 bits per heavy atom. The van der Waals surface area contributed by atoms with Crippen molar-refractivity contribution >= 4 is 34.7 Å². The molecule has 35 heavy (non-hydrogen) atoms. The molecular weight excluding hydrogens is 468 g/mol. The van der Waals surface area contributed by atoms with Crippen molar-refractivity contribution in [1.29, 1.82) is 0 Å². The van der Waals surface area contributed by atoms with Crippen molar-refractivity contribution in [2.45, 2.75) is 39.7 Å². The molecule has 1 atom stereocenters. The van der Waals surface area contributed by atoms with E-state index >= 15 is 0 Å². The van der Waals surface area contributed by atoms with Crippen molar-refractivity contribution in [2.75, 3.05) is 13.2 Å². The molecule has 2 aliphatic rings. The zero-order valence-electron chi connectivity index (χ0n) is 19.8. The molecule has 0 unspecified atom stereocenters. The molecule has 2 aliphatic heterocycles. The summed E-state index contributed by atoms with van der Waals surface area (Å²) >= 11 is 6.01. The lowest BCUT2D eigenvalue weighted by Crippen LogP contribution is -2.42. The van der Waals surface area contributed by atoms with Crippen LogP contribution in [0, 0.1) is 20.8 Å². The first-order chi connectivity index (χ1) is 16.7. The number of H-pyrrole nitrogens is 1. The number of hydrogen-bond acceptors (Lipinski definition) is 4. The van der Waals surface area contributed by atoms with Gasteiger partial charge in [-0.1, -0.05) is 11.6 Å². The normalized spacial score (nSPS) is 18.3. The summed E-state index contributed by atoms with van der Waals surface area (Å²) in [5, 5.41) is 3.60. The summed E-state index contributed by atoms with van der Waals surface area (Å²) in [4.78, 5) is 42.3. The van der Waals surface area contributed by atoms with Crippen molar-refractivity contribution in [3.05, 3.63) is 80.5 Å². The van der Waals surface area contributed by atoms with E-state index in [0.29, 0.717) is 23.0 Å². The van der Waals surface area contributed by atoms with Crippen LogP contribution in [0.4, 0.5) is 0 Å². The van der Waals surface area contributed by atoms with Crippen LogP contribution in [0.25, 0.3) is 17.0 Å². The van der Waals surface area contributed by atoms with Crippen molar-refractivity contribution in [2.24, 2.45) is 0 Å². The molecule has 1 aromatic carbocycles. The maximum atomic E-state index is 13.8. The van der Waals surface area contributed by atoms with E-state index in [-0.39, 0.29) is 29.5 Å². The molecule has 0 bridgehead atoms. The predicted octanol–water partition coefficient (Wildman–Crippen LogP) is 2.95. The number of nitrogens with zero attached hydrogens (tertiary/aromatic N) is 3. The fraction of sp³-hybridized carbons (Fsp3) is 0.308. The van der Waals surface area contributed by atoms with Gasteiger partial charge in [-0.25, -0.2) is 4.68 Å².